The van der Waals surface area contributed by atoms with Crippen molar-refractivity contribution in [2.45, 2.75) is 0 Å². The van der Waals surface area contributed by atoms with E-state index in [1.165, 1.54) is 59.9 Å². The van der Waals surface area contributed by atoms with Crippen LogP contribution in [0.1, 0.15) is 0 Å². The number of rotatable bonds is 5. The molecule has 0 bridgehead atoms. The van der Waals surface area contributed by atoms with E-state index < -0.39 is 0 Å². The lowest BCUT2D eigenvalue weighted by Crippen LogP contribution is -1.97. The van der Waals surface area contributed by atoms with Crippen molar-refractivity contribution >= 4 is 54.1 Å². The highest BCUT2D eigenvalue weighted by molar-refractivity contribution is 6.28. The van der Waals surface area contributed by atoms with Gasteiger partial charge in [-0.1, -0.05) is 164 Å². The summed E-state index contributed by atoms with van der Waals surface area (Å²) in [6.45, 7) is 0. The van der Waals surface area contributed by atoms with Crippen molar-refractivity contribution in [1.29, 1.82) is 0 Å². The number of hydrogen-bond acceptors (Lipinski definition) is 2. The fraction of sp³-hybridized carbons (Fsp3) is 0. The van der Waals surface area contributed by atoms with Crippen LogP contribution < -0.4 is 0 Å². The first-order valence-corrected chi connectivity index (χ1v) is 18.7. The molecule has 0 aliphatic rings. The molecular formula is C52H33N3. The highest BCUT2D eigenvalue weighted by atomic mass is 15.0. The van der Waals surface area contributed by atoms with Crippen LogP contribution in [-0.2, 0) is 0 Å². The van der Waals surface area contributed by atoms with Crippen LogP contribution in [0.4, 0.5) is 0 Å². The molecule has 3 nitrogen and oxygen atoms in total. The van der Waals surface area contributed by atoms with Crippen LogP contribution in [-0.4, -0.2) is 14.5 Å². The SMILES string of the molecule is c1ccc(-c2ccc3c(c2)c2ccccc2n3-c2ccc3c(c2)c2ccccc2c2c(-c4nc(-c5ccccc5)cc(-c5ccccc5)n4)cccc32)cc1. The first kappa shape index (κ1) is 31.2. The summed E-state index contributed by atoms with van der Waals surface area (Å²) in [5.41, 5.74) is 10.9. The van der Waals surface area contributed by atoms with Crippen molar-refractivity contribution < 1.29 is 0 Å². The fourth-order valence-electron chi connectivity index (χ4n) is 8.46. The number of aromatic nitrogens is 3. The third-order valence-electron chi connectivity index (χ3n) is 11.0. The maximum absolute atomic E-state index is 5.25. The second-order valence-corrected chi connectivity index (χ2v) is 14.1. The monoisotopic (exact) mass is 699 g/mol. The van der Waals surface area contributed by atoms with Crippen LogP contribution in [0.15, 0.2) is 200 Å². The van der Waals surface area contributed by atoms with Crippen molar-refractivity contribution in [1.82, 2.24) is 14.5 Å². The number of para-hydroxylation sites is 1. The highest BCUT2D eigenvalue weighted by Gasteiger charge is 2.19. The summed E-state index contributed by atoms with van der Waals surface area (Å²) in [4.78, 5) is 10.5. The van der Waals surface area contributed by atoms with E-state index in [1.54, 1.807) is 0 Å². The fourth-order valence-corrected chi connectivity index (χ4v) is 8.46. The van der Waals surface area contributed by atoms with E-state index in [9.17, 15) is 0 Å². The second-order valence-electron chi connectivity index (χ2n) is 14.1. The largest absolute Gasteiger partial charge is 0.309 e. The summed E-state index contributed by atoms with van der Waals surface area (Å²) in [7, 11) is 0. The summed E-state index contributed by atoms with van der Waals surface area (Å²) in [6.07, 6.45) is 0. The zero-order valence-electron chi connectivity index (χ0n) is 29.9. The van der Waals surface area contributed by atoms with Crippen LogP contribution in [0.5, 0.6) is 0 Å². The summed E-state index contributed by atoms with van der Waals surface area (Å²) < 4.78 is 2.42. The standard InChI is InChI=1S/C52H33N3/c1-4-15-34(16-5-1)37-27-30-50-46(31-37)41-22-12-13-26-49(41)55(50)38-28-29-40-43-24-14-25-44(51(43)42-23-11-10-21-39(42)45(40)32-38)52-53-47(35-17-6-2-7-18-35)33-48(54-52)36-19-8-3-9-20-36/h1-33H. The average Bonchev–Trinajstić information content (AvgIpc) is 3.60. The van der Waals surface area contributed by atoms with Gasteiger partial charge in [0.2, 0.25) is 0 Å². The molecule has 0 saturated carbocycles. The van der Waals surface area contributed by atoms with Crippen molar-refractivity contribution in [2.75, 3.05) is 0 Å². The quantitative estimate of drug-likeness (QED) is 0.167. The van der Waals surface area contributed by atoms with E-state index in [-0.39, 0.29) is 0 Å². The molecule has 0 spiro atoms. The minimum atomic E-state index is 0.715. The Labute approximate surface area is 318 Å². The molecule has 0 aliphatic carbocycles. The Bertz CT molecular complexity index is 3150. The summed E-state index contributed by atoms with van der Waals surface area (Å²) in [5, 5.41) is 9.64. The third kappa shape index (κ3) is 5.13. The van der Waals surface area contributed by atoms with Crippen LogP contribution in [0.2, 0.25) is 0 Å². The molecule has 2 aromatic heterocycles. The van der Waals surface area contributed by atoms with Crippen LogP contribution in [0.25, 0.3) is 105 Å². The zero-order valence-corrected chi connectivity index (χ0v) is 29.9. The summed E-state index contributed by atoms with van der Waals surface area (Å²) in [5.74, 6) is 0.715. The van der Waals surface area contributed by atoms with Gasteiger partial charge in [-0.05, 0) is 74.5 Å². The van der Waals surface area contributed by atoms with Crippen molar-refractivity contribution in [3.8, 4) is 50.7 Å². The van der Waals surface area contributed by atoms with E-state index in [0.717, 1.165) is 39.2 Å². The number of benzene rings is 9. The van der Waals surface area contributed by atoms with Crippen LogP contribution >= 0.6 is 0 Å². The smallest absolute Gasteiger partial charge is 0.161 e. The van der Waals surface area contributed by atoms with Crippen molar-refractivity contribution in [3.63, 3.8) is 0 Å². The molecule has 0 radical (unpaired) electrons. The average molecular weight is 700 g/mol. The van der Waals surface area contributed by atoms with E-state index in [1.807, 2.05) is 12.1 Å². The predicted molar refractivity (Wildman–Crippen MR) is 231 cm³/mol. The molecule has 0 N–H and O–H groups in total. The van der Waals surface area contributed by atoms with E-state index in [0.29, 0.717) is 5.82 Å². The maximum Gasteiger partial charge on any atom is 0.161 e. The highest BCUT2D eigenvalue weighted by Crippen LogP contribution is 2.42. The normalized spacial score (nSPS) is 11.6. The van der Waals surface area contributed by atoms with Gasteiger partial charge in [0.25, 0.3) is 0 Å². The third-order valence-corrected chi connectivity index (χ3v) is 11.0. The molecule has 0 unspecified atom stereocenters. The molecule has 0 atom stereocenters. The van der Waals surface area contributed by atoms with Crippen molar-refractivity contribution in [3.05, 3.63) is 200 Å². The van der Waals surface area contributed by atoms with Gasteiger partial charge in [0.05, 0.1) is 22.4 Å². The van der Waals surface area contributed by atoms with Crippen LogP contribution in [0, 0.1) is 0 Å². The Morgan fingerprint density at radius 3 is 1.55 bits per heavy atom. The molecule has 11 aromatic rings. The summed E-state index contributed by atoms with van der Waals surface area (Å²) >= 11 is 0. The molecule has 3 heteroatoms. The van der Waals surface area contributed by atoms with E-state index in [2.05, 4.69) is 193 Å². The Morgan fingerprint density at radius 2 is 0.855 bits per heavy atom. The topological polar surface area (TPSA) is 30.7 Å². The van der Waals surface area contributed by atoms with E-state index in [4.69, 9.17) is 9.97 Å². The minimum absolute atomic E-state index is 0.715. The first-order chi connectivity index (χ1) is 27.3. The molecular weight excluding hydrogens is 667 g/mol. The molecule has 11 rings (SSSR count). The number of hydrogen-bond donors (Lipinski definition) is 0. The number of nitrogens with zero attached hydrogens (tertiary/aromatic N) is 3. The Morgan fingerprint density at radius 1 is 0.309 bits per heavy atom. The molecule has 9 aromatic carbocycles. The minimum Gasteiger partial charge on any atom is -0.309 e. The number of fused-ring (bicyclic) bond motifs is 9. The molecule has 0 saturated heterocycles. The van der Waals surface area contributed by atoms with Gasteiger partial charge < -0.3 is 4.57 Å². The lowest BCUT2D eigenvalue weighted by Gasteiger charge is -2.16. The van der Waals surface area contributed by atoms with Gasteiger partial charge in [-0.2, -0.15) is 0 Å². The second kappa shape index (κ2) is 12.6. The predicted octanol–water partition coefficient (Wildman–Crippen LogP) is 13.7. The zero-order chi connectivity index (χ0) is 36.3. The molecule has 55 heavy (non-hydrogen) atoms. The van der Waals surface area contributed by atoms with Gasteiger partial charge in [-0.25, -0.2) is 9.97 Å². The van der Waals surface area contributed by atoms with Gasteiger partial charge in [0.15, 0.2) is 5.82 Å². The lowest BCUT2D eigenvalue weighted by molar-refractivity contribution is 1.19. The molecule has 0 aliphatic heterocycles. The van der Waals surface area contributed by atoms with E-state index >= 15 is 0 Å². The van der Waals surface area contributed by atoms with Gasteiger partial charge in [0, 0.05) is 38.5 Å². The van der Waals surface area contributed by atoms with Gasteiger partial charge in [-0.15, -0.1) is 0 Å². The van der Waals surface area contributed by atoms with Gasteiger partial charge in [0.1, 0.15) is 0 Å². The van der Waals surface area contributed by atoms with Crippen molar-refractivity contribution in [2.24, 2.45) is 0 Å². The lowest BCUT2D eigenvalue weighted by atomic mass is 9.91. The van der Waals surface area contributed by atoms with Gasteiger partial charge >= 0.3 is 0 Å². The van der Waals surface area contributed by atoms with Crippen LogP contribution in [0.3, 0.4) is 0 Å². The Balaban J connectivity index is 1.15. The molecule has 256 valence electrons. The first-order valence-electron chi connectivity index (χ1n) is 18.7. The Hall–Kier alpha value is -7.36. The maximum atomic E-state index is 5.25. The molecule has 0 fully saturated rings. The van der Waals surface area contributed by atoms with Gasteiger partial charge in [-0.3, -0.25) is 0 Å². The molecule has 2 heterocycles. The Kier molecular flexibility index (Phi) is 7.17. The molecule has 0 amide bonds. The summed E-state index contributed by atoms with van der Waals surface area (Å²) in [6, 6.07) is 71.5.